The molecular weight excluding hydrogens is 465 g/mol. The van der Waals surface area contributed by atoms with Crippen LogP contribution in [-0.4, -0.2) is 23.9 Å². The van der Waals surface area contributed by atoms with Crippen LogP contribution in [0.15, 0.2) is 58.0 Å². The number of nitrogens with one attached hydrogen (secondary N) is 1. The molecule has 3 rings (SSSR count). The van der Waals surface area contributed by atoms with Crippen LogP contribution in [0.1, 0.15) is 16.7 Å². The fourth-order valence-electron chi connectivity index (χ4n) is 2.54. The third kappa shape index (κ3) is 4.94. The molecule has 2 aromatic carbocycles. The molecule has 1 aliphatic rings. The summed E-state index contributed by atoms with van der Waals surface area (Å²) in [5.74, 6) is 1.00. The normalized spacial score (nSPS) is 13.5. The number of hydrogen-bond donors (Lipinski definition) is 1. The number of nitrogens with zero attached hydrogens (tertiary/aromatic N) is 2. The number of hydrogen-bond acceptors (Lipinski definition) is 3. The highest BCUT2D eigenvalue weighted by molar-refractivity contribution is 14.0. The lowest BCUT2D eigenvalue weighted by molar-refractivity contribution is 0.436. The molecule has 0 spiro atoms. The highest BCUT2D eigenvalue weighted by Crippen LogP contribution is 2.17. The van der Waals surface area contributed by atoms with E-state index in [4.69, 9.17) is 0 Å². The molecule has 1 aliphatic heterocycles. The maximum atomic E-state index is 4.59. The lowest BCUT2D eigenvalue weighted by Crippen LogP contribution is -2.37. The quantitative estimate of drug-likeness (QED) is 0.652. The van der Waals surface area contributed by atoms with Crippen LogP contribution in [0.3, 0.4) is 0 Å². The Hall–Kier alpha value is -1.08. The van der Waals surface area contributed by atoms with Crippen molar-refractivity contribution in [2.45, 2.75) is 20.0 Å². The zero-order chi connectivity index (χ0) is 15.4. The first-order chi connectivity index (χ1) is 10.7. The molecule has 1 N–H and O–H groups in total. The number of aliphatic imine (C=N–C) groups is 1. The maximum absolute atomic E-state index is 4.59. The number of halogens is 2. The van der Waals surface area contributed by atoms with Crippen molar-refractivity contribution in [1.82, 2.24) is 10.2 Å². The smallest absolute Gasteiger partial charge is 0.194 e. The lowest BCUT2D eigenvalue weighted by Gasteiger charge is -2.21. The molecule has 1 heterocycles. The van der Waals surface area contributed by atoms with Gasteiger partial charge in [0.25, 0.3) is 0 Å². The summed E-state index contributed by atoms with van der Waals surface area (Å²) in [7, 11) is 0. The van der Waals surface area contributed by atoms with Crippen LogP contribution < -0.4 is 5.32 Å². The second kappa shape index (κ2) is 8.68. The molecule has 0 unspecified atom stereocenters. The summed E-state index contributed by atoms with van der Waals surface area (Å²) in [6, 6.07) is 17.0. The van der Waals surface area contributed by atoms with E-state index < -0.39 is 0 Å². The first-order valence-electron chi connectivity index (χ1n) is 7.54. The molecule has 3 nitrogen and oxygen atoms in total. The lowest BCUT2D eigenvalue weighted by atomic mass is 10.1. The van der Waals surface area contributed by atoms with E-state index in [0.29, 0.717) is 0 Å². The molecule has 2 aromatic rings. The van der Waals surface area contributed by atoms with Crippen LogP contribution in [-0.2, 0) is 13.1 Å². The number of guanidine groups is 1. The third-order valence-corrected chi connectivity index (χ3v) is 4.69. The highest BCUT2D eigenvalue weighted by atomic mass is 127. The molecular formula is C18H21BrIN3. The minimum atomic E-state index is 0. The molecule has 0 saturated carbocycles. The van der Waals surface area contributed by atoms with Gasteiger partial charge in [0, 0.05) is 24.1 Å². The largest absolute Gasteiger partial charge is 0.352 e. The Kier molecular flexibility index (Phi) is 6.89. The molecule has 23 heavy (non-hydrogen) atoms. The van der Waals surface area contributed by atoms with Crippen molar-refractivity contribution in [2.75, 3.05) is 13.1 Å². The van der Waals surface area contributed by atoms with E-state index in [2.05, 4.69) is 86.6 Å². The summed E-state index contributed by atoms with van der Waals surface area (Å²) in [5, 5.41) is 3.47. The van der Waals surface area contributed by atoms with Gasteiger partial charge in [0.05, 0.1) is 6.54 Å². The summed E-state index contributed by atoms with van der Waals surface area (Å²) in [4.78, 5) is 6.89. The Morgan fingerprint density at radius 2 is 1.91 bits per heavy atom. The zero-order valence-corrected chi connectivity index (χ0v) is 17.0. The standard InChI is InChI=1S/C18H20BrN3.HI/c1-14-7-8-16(11-17(14)19)12-21-18-20-9-10-22(18)13-15-5-3-2-4-6-15;/h2-8,11H,9-10,12-13H2,1H3,(H,20,21);1H. The molecule has 0 amide bonds. The van der Waals surface area contributed by atoms with Crippen LogP contribution in [0.5, 0.6) is 0 Å². The van der Waals surface area contributed by atoms with E-state index in [1.165, 1.54) is 16.7 Å². The molecule has 0 aliphatic carbocycles. The van der Waals surface area contributed by atoms with Crippen molar-refractivity contribution >= 4 is 45.9 Å². The Morgan fingerprint density at radius 1 is 1.13 bits per heavy atom. The summed E-state index contributed by atoms with van der Waals surface area (Å²) >= 11 is 3.59. The van der Waals surface area contributed by atoms with Gasteiger partial charge in [-0.05, 0) is 29.7 Å². The SMILES string of the molecule is Cc1ccc(CNC2=NCCN2Cc2ccccc2)cc1Br.I. The number of rotatable bonds is 4. The predicted molar refractivity (Wildman–Crippen MR) is 110 cm³/mol. The van der Waals surface area contributed by atoms with E-state index in [1.54, 1.807) is 0 Å². The van der Waals surface area contributed by atoms with Gasteiger partial charge in [-0.2, -0.15) is 0 Å². The predicted octanol–water partition coefficient (Wildman–Crippen LogP) is 4.34. The van der Waals surface area contributed by atoms with Crippen molar-refractivity contribution in [3.8, 4) is 0 Å². The van der Waals surface area contributed by atoms with E-state index in [-0.39, 0.29) is 24.0 Å². The second-order valence-corrected chi connectivity index (χ2v) is 6.40. The topological polar surface area (TPSA) is 27.6 Å². The van der Waals surface area contributed by atoms with Crippen LogP contribution >= 0.6 is 39.9 Å². The third-order valence-electron chi connectivity index (χ3n) is 3.83. The average molecular weight is 486 g/mol. The maximum Gasteiger partial charge on any atom is 0.194 e. The van der Waals surface area contributed by atoms with Crippen molar-refractivity contribution in [1.29, 1.82) is 0 Å². The van der Waals surface area contributed by atoms with Gasteiger partial charge >= 0.3 is 0 Å². The zero-order valence-electron chi connectivity index (χ0n) is 13.1. The van der Waals surface area contributed by atoms with Gasteiger partial charge in [-0.3, -0.25) is 4.99 Å². The number of aryl methyl sites for hydroxylation is 1. The molecule has 0 atom stereocenters. The fraction of sp³-hybridized carbons (Fsp3) is 0.278. The molecule has 0 aromatic heterocycles. The summed E-state index contributed by atoms with van der Waals surface area (Å²) in [5.41, 5.74) is 3.83. The molecule has 0 saturated heterocycles. The number of benzene rings is 2. The minimum absolute atomic E-state index is 0. The average Bonchev–Trinajstić information content (AvgIpc) is 2.97. The van der Waals surface area contributed by atoms with Gasteiger partial charge in [0.15, 0.2) is 5.96 Å². The summed E-state index contributed by atoms with van der Waals surface area (Å²) < 4.78 is 1.15. The first kappa shape index (κ1) is 18.3. The summed E-state index contributed by atoms with van der Waals surface area (Å²) in [6.45, 7) is 5.65. The van der Waals surface area contributed by atoms with Crippen molar-refractivity contribution in [3.63, 3.8) is 0 Å². The van der Waals surface area contributed by atoms with E-state index in [0.717, 1.165) is 36.6 Å². The minimum Gasteiger partial charge on any atom is -0.352 e. The van der Waals surface area contributed by atoms with Crippen molar-refractivity contribution in [3.05, 3.63) is 69.7 Å². The van der Waals surface area contributed by atoms with Gasteiger partial charge in [0.1, 0.15) is 0 Å². The van der Waals surface area contributed by atoms with Gasteiger partial charge < -0.3 is 10.2 Å². The monoisotopic (exact) mass is 485 g/mol. The van der Waals surface area contributed by atoms with E-state index in [1.807, 2.05) is 0 Å². The first-order valence-corrected chi connectivity index (χ1v) is 8.34. The van der Waals surface area contributed by atoms with Crippen molar-refractivity contribution < 1.29 is 0 Å². The van der Waals surface area contributed by atoms with Gasteiger partial charge in [0.2, 0.25) is 0 Å². The van der Waals surface area contributed by atoms with Gasteiger partial charge in [-0.25, -0.2) is 0 Å². The Morgan fingerprint density at radius 3 is 2.65 bits per heavy atom. The van der Waals surface area contributed by atoms with Gasteiger partial charge in [-0.1, -0.05) is 58.4 Å². The molecule has 0 radical (unpaired) electrons. The van der Waals surface area contributed by atoms with Crippen LogP contribution in [0.25, 0.3) is 0 Å². The molecule has 122 valence electrons. The van der Waals surface area contributed by atoms with E-state index >= 15 is 0 Å². The Labute approximate surface area is 163 Å². The van der Waals surface area contributed by atoms with Gasteiger partial charge in [-0.15, -0.1) is 24.0 Å². The van der Waals surface area contributed by atoms with Crippen molar-refractivity contribution in [2.24, 2.45) is 4.99 Å². The Balaban J connectivity index is 0.00000192. The van der Waals surface area contributed by atoms with Crippen LogP contribution in [0.4, 0.5) is 0 Å². The van der Waals surface area contributed by atoms with Crippen LogP contribution in [0, 0.1) is 6.92 Å². The molecule has 0 fully saturated rings. The fourth-order valence-corrected chi connectivity index (χ4v) is 2.96. The molecule has 5 heteroatoms. The second-order valence-electron chi connectivity index (χ2n) is 5.55. The summed E-state index contributed by atoms with van der Waals surface area (Å²) in [6.07, 6.45) is 0. The highest BCUT2D eigenvalue weighted by Gasteiger charge is 2.16. The van der Waals surface area contributed by atoms with Crippen LogP contribution in [0.2, 0.25) is 0 Å². The molecule has 0 bridgehead atoms. The van der Waals surface area contributed by atoms with E-state index in [9.17, 15) is 0 Å². The Bertz CT molecular complexity index is 673.